The van der Waals surface area contributed by atoms with Crippen molar-refractivity contribution in [2.45, 2.75) is 39.8 Å². The number of likely N-dealkylation sites (N-methyl/N-ethyl adjacent to an activating group) is 2. The van der Waals surface area contributed by atoms with Crippen LogP contribution in [0.15, 0.2) is 24.3 Å². The van der Waals surface area contributed by atoms with Crippen LogP contribution in [0.3, 0.4) is 0 Å². The summed E-state index contributed by atoms with van der Waals surface area (Å²) in [6, 6.07) is 8.00. The lowest BCUT2D eigenvalue weighted by Gasteiger charge is -2.34. The van der Waals surface area contributed by atoms with E-state index in [9.17, 15) is 9.59 Å². The number of carbonyl (C=O) groups excluding carboxylic acids is 2. The Bertz CT molecular complexity index is 559. The molecule has 0 radical (unpaired) electrons. The first-order valence-electron chi connectivity index (χ1n) is 8.43. The van der Waals surface area contributed by atoms with Crippen LogP contribution in [0.4, 0.5) is 0 Å². The molecule has 1 atom stereocenters. The van der Waals surface area contributed by atoms with E-state index in [1.807, 2.05) is 42.7 Å². The zero-order valence-electron chi connectivity index (χ0n) is 14.3. The van der Waals surface area contributed by atoms with Crippen molar-refractivity contribution < 1.29 is 9.59 Å². The summed E-state index contributed by atoms with van der Waals surface area (Å²) in [5.41, 5.74) is 2.56. The number of hydrogen-bond acceptors (Lipinski definition) is 3. The quantitative estimate of drug-likeness (QED) is 0.863. The summed E-state index contributed by atoms with van der Waals surface area (Å²) >= 11 is 0. The Balaban J connectivity index is 2.00. The molecule has 2 amide bonds. The van der Waals surface area contributed by atoms with Gasteiger partial charge >= 0.3 is 0 Å². The van der Waals surface area contributed by atoms with Gasteiger partial charge in [-0.3, -0.25) is 14.5 Å². The smallest absolute Gasteiger partial charge is 0.239 e. The number of carbonyl (C=O) groups is 2. The molecule has 0 fully saturated rings. The summed E-state index contributed by atoms with van der Waals surface area (Å²) in [5.74, 6) is 0.0728. The average molecular weight is 317 g/mol. The summed E-state index contributed by atoms with van der Waals surface area (Å²) in [6.45, 7) is 8.74. The predicted molar refractivity (Wildman–Crippen MR) is 91.0 cm³/mol. The van der Waals surface area contributed by atoms with E-state index in [1.165, 1.54) is 11.1 Å². The van der Waals surface area contributed by atoms with Crippen molar-refractivity contribution >= 4 is 11.8 Å². The monoisotopic (exact) mass is 317 g/mol. The Morgan fingerprint density at radius 1 is 1.26 bits per heavy atom. The number of rotatable bonds is 6. The Morgan fingerprint density at radius 2 is 1.96 bits per heavy atom. The number of nitrogens with zero attached hydrogens (tertiary/aromatic N) is 2. The summed E-state index contributed by atoms with van der Waals surface area (Å²) in [4.78, 5) is 28.4. The molecule has 0 aliphatic carbocycles. The minimum atomic E-state index is -0.284. The molecule has 0 bridgehead atoms. The highest BCUT2D eigenvalue weighted by molar-refractivity contribution is 5.83. The molecule has 1 aliphatic rings. The molecule has 5 nitrogen and oxygen atoms in total. The van der Waals surface area contributed by atoms with Gasteiger partial charge in [0.2, 0.25) is 11.8 Å². The number of amides is 2. The molecule has 0 spiro atoms. The first kappa shape index (κ1) is 17.5. The highest BCUT2D eigenvalue weighted by Crippen LogP contribution is 2.19. The second-order valence-electron chi connectivity index (χ2n) is 5.97. The molecule has 1 heterocycles. The predicted octanol–water partition coefficient (Wildman–Crippen LogP) is 1.42. The average Bonchev–Trinajstić information content (AvgIpc) is 2.58. The molecule has 2 rings (SSSR count). The molecule has 1 aliphatic heterocycles. The minimum Gasteiger partial charge on any atom is -0.355 e. The Hall–Kier alpha value is -1.88. The Labute approximate surface area is 138 Å². The fourth-order valence-corrected chi connectivity index (χ4v) is 3.06. The van der Waals surface area contributed by atoms with E-state index in [4.69, 9.17) is 0 Å². The maximum absolute atomic E-state index is 12.8. The highest BCUT2D eigenvalue weighted by Gasteiger charge is 2.28. The lowest BCUT2D eigenvalue weighted by molar-refractivity contribution is -0.138. The third-order valence-electron chi connectivity index (χ3n) is 4.47. The number of fused-ring (bicyclic) bond motifs is 1. The van der Waals surface area contributed by atoms with Crippen LogP contribution in [0.1, 0.15) is 31.9 Å². The molecule has 0 aromatic heterocycles. The van der Waals surface area contributed by atoms with Crippen LogP contribution < -0.4 is 5.32 Å². The van der Waals surface area contributed by atoms with Gasteiger partial charge in [0.15, 0.2) is 0 Å². The fourth-order valence-electron chi connectivity index (χ4n) is 3.06. The van der Waals surface area contributed by atoms with Crippen molar-refractivity contribution in [3.05, 3.63) is 35.4 Å². The molecule has 1 aromatic carbocycles. The van der Waals surface area contributed by atoms with Crippen molar-refractivity contribution in [1.82, 2.24) is 15.1 Å². The van der Waals surface area contributed by atoms with Gasteiger partial charge in [-0.25, -0.2) is 0 Å². The van der Waals surface area contributed by atoms with E-state index in [2.05, 4.69) is 17.4 Å². The molecule has 1 aromatic rings. The van der Waals surface area contributed by atoms with Crippen LogP contribution in [0.5, 0.6) is 0 Å². The summed E-state index contributed by atoms with van der Waals surface area (Å²) in [6.07, 6.45) is 0.900. The van der Waals surface area contributed by atoms with Crippen LogP contribution in [-0.2, 0) is 22.6 Å². The van der Waals surface area contributed by atoms with Crippen LogP contribution in [0.2, 0.25) is 0 Å². The minimum absolute atomic E-state index is 0.0296. The third kappa shape index (κ3) is 4.32. The third-order valence-corrected chi connectivity index (χ3v) is 4.47. The number of benzene rings is 1. The zero-order valence-corrected chi connectivity index (χ0v) is 14.3. The van der Waals surface area contributed by atoms with E-state index < -0.39 is 0 Å². The van der Waals surface area contributed by atoms with Crippen molar-refractivity contribution in [3.63, 3.8) is 0 Å². The van der Waals surface area contributed by atoms with E-state index in [1.54, 1.807) is 0 Å². The Kier molecular flexibility index (Phi) is 6.16. The molecule has 1 N–H and O–H groups in total. The zero-order chi connectivity index (χ0) is 16.8. The van der Waals surface area contributed by atoms with Gasteiger partial charge in [0.1, 0.15) is 0 Å². The van der Waals surface area contributed by atoms with Crippen LogP contribution in [0.25, 0.3) is 0 Å². The van der Waals surface area contributed by atoms with E-state index in [0.29, 0.717) is 19.6 Å². The van der Waals surface area contributed by atoms with Gasteiger partial charge in [-0.2, -0.15) is 0 Å². The largest absolute Gasteiger partial charge is 0.355 e. The first-order chi connectivity index (χ1) is 11.1. The van der Waals surface area contributed by atoms with Crippen LogP contribution in [0, 0.1) is 0 Å². The van der Waals surface area contributed by atoms with Gasteiger partial charge < -0.3 is 10.2 Å². The van der Waals surface area contributed by atoms with Crippen LogP contribution in [-0.4, -0.2) is 53.8 Å². The van der Waals surface area contributed by atoms with Crippen molar-refractivity contribution in [1.29, 1.82) is 0 Å². The normalized spacial score (nSPS) is 15.2. The lowest BCUT2D eigenvalue weighted by Crippen LogP contribution is -2.51. The van der Waals surface area contributed by atoms with Crippen molar-refractivity contribution in [2.75, 3.05) is 26.2 Å². The molecular formula is C18H27N3O2. The summed E-state index contributed by atoms with van der Waals surface area (Å²) in [7, 11) is 0. The number of nitrogens with one attached hydrogen (secondary N) is 1. The van der Waals surface area contributed by atoms with Crippen molar-refractivity contribution in [3.8, 4) is 0 Å². The Morgan fingerprint density at radius 3 is 2.61 bits per heavy atom. The lowest BCUT2D eigenvalue weighted by atomic mass is 9.99. The molecule has 5 heteroatoms. The van der Waals surface area contributed by atoms with E-state index >= 15 is 0 Å². The summed E-state index contributed by atoms with van der Waals surface area (Å²) < 4.78 is 0. The van der Waals surface area contributed by atoms with Gasteiger partial charge in [0.05, 0.1) is 12.6 Å². The van der Waals surface area contributed by atoms with Gasteiger partial charge in [-0.15, -0.1) is 0 Å². The highest BCUT2D eigenvalue weighted by atomic mass is 16.2. The maximum atomic E-state index is 12.8. The second-order valence-corrected chi connectivity index (χ2v) is 5.97. The summed E-state index contributed by atoms with van der Waals surface area (Å²) in [5, 5.41) is 2.79. The standard InChI is InChI=1S/C18H27N3O2/c1-4-19-17(22)13-20(5-2)14(3)18(23)21-11-10-15-8-6-7-9-16(15)12-21/h6-9,14H,4-5,10-13H2,1-3H3,(H,19,22)/t14-/m0/s1. The molecule has 23 heavy (non-hydrogen) atoms. The van der Waals surface area contributed by atoms with Crippen LogP contribution >= 0.6 is 0 Å². The first-order valence-corrected chi connectivity index (χ1v) is 8.43. The van der Waals surface area contributed by atoms with Gasteiger partial charge in [0, 0.05) is 19.6 Å². The maximum Gasteiger partial charge on any atom is 0.239 e. The number of hydrogen-bond donors (Lipinski definition) is 1. The molecule has 126 valence electrons. The van der Waals surface area contributed by atoms with Gasteiger partial charge in [-0.1, -0.05) is 31.2 Å². The SMILES string of the molecule is CCNC(=O)CN(CC)[C@@H](C)C(=O)N1CCc2ccccc2C1. The topological polar surface area (TPSA) is 52.7 Å². The molecular weight excluding hydrogens is 290 g/mol. The second kappa shape index (κ2) is 8.11. The van der Waals surface area contributed by atoms with E-state index in [-0.39, 0.29) is 24.4 Å². The van der Waals surface area contributed by atoms with E-state index in [0.717, 1.165) is 13.0 Å². The van der Waals surface area contributed by atoms with Gasteiger partial charge in [-0.05, 0) is 37.9 Å². The van der Waals surface area contributed by atoms with Gasteiger partial charge in [0.25, 0.3) is 0 Å². The fraction of sp³-hybridized carbons (Fsp3) is 0.556. The van der Waals surface area contributed by atoms with Crippen molar-refractivity contribution in [2.24, 2.45) is 0 Å². The molecule has 0 saturated heterocycles. The molecule has 0 unspecified atom stereocenters. The molecule has 0 saturated carbocycles.